The predicted molar refractivity (Wildman–Crippen MR) is 109 cm³/mol. The summed E-state index contributed by atoms with van der Waals surface area (Å²) in [5.74, 6) is -0.143. The van der Waals surface area contributed by atoms with Crippen molar-refractivity contribution in [3.63, 3.8) is 0 Å². The number of ketones is 1. The van der Waals surface area contributed by atoms with Gasteiger partial charge in [-0.1, -0.05) is 18.2 Å². The largest absolute Gasteiger partial charge is 0.466 e. The highest BCUT2D eigenvalue weighted by atomic mass is 32.2. The molecule has 0 saturated carbocycles. The molecule has 1 aliphatic heterocycles. The van der Waals surface area contributed by atoms with Crippen molar-refractivity contribution in [2.45, 2.75) is 25.3 Å². The molecule has 2 atom stereocenters. The van der Waals surface area contributed by atoms with E-state index in [1.54, 1.807) is 12.1 Å². The molecule has 1 aromatic carbocycles. The van der Waals surface area contributed by atoms with E-state index in [2.05, 4.69) is 4.98 Å². The number of nitrogens with zero attached hydrogens (tertiary/aromatic N) is 1. The number of hydrogen-bond donors (Lipinski definition) is 1. The van der Waals surface area contributed by atoms with Gasteiger partial charge < -0.3 is 19.0 Å². The Kier molecular flexibility index (Phi) is 5.19. The Balaban J connectivity index is 1.47. The number of carbonyl (C=O) groups is 3. The van der Waals surface area contributed by atoms with Crippen LogP contribution in [0.1, 0.15) is 34.1 Å². The highest BCUT2D eigenvalue weighted by molar-refractivity contribution is 7.99. The van der Waals surface area contributed by atoms with Crippen molar-refractivity contribution in [1.82, 2.24) is 9.88 Å². The maximum atomic E-state index is 12.7. The van der Waals surface area contributed by atoms with Crippen LogP contribution in [0, 0.1) is 6.92 Å². The van der Waals surface area contributed by atoms with Gasteiger partial charge in [0.05, 0.1) is 6.26 Å². The van der Waals surface area contributed by atoms with Crippen LogP contribution in [-0.2, 0) is 14.3 Å². The molecule has 8 heteroatoms. The molecular formula is C21H20N2O5S. The van der Waals surface area contributed by atoms with Crippen LogP contribution in [0.5, 0.6) is 0 Å². The molecule has 3 aromatic rings. The molecule has 0 bridgehead atoms. The van der Waals surface area contributed by atoms with E-state index in [4.69, 9.17) is 9.15 Å². The van der Waals surface area contributed by atoms with Gasteiger partial charge in [0, 0.05) is 34.8 Å². The monoisotopic (exact) mass is 412 g/mol. The van der Waals surface area contributed by atoms with Gasteiger partial charge in [0.2, 0.25) is 11.7 Å². The lowest BCUT2D eigenvalue weighted by molar-refractivity contribution is -0.152. The van der Waals surface area contributed by atoms with E-state index in [1.807, 2.05) is 31.2 Å². The van der Waals surface area contributed by atoms with Gasteiger partial charge in [-0.3, -0.25) is 9.59 Å². The minimum absolute atomic E-state index is 0.253. The number of aromatic nitrogens is 1. The zero-order valence-electron chi connectivity index (χ0n) is 16.0. The van der Waals surface area contributed by atoms with E-state index in [0.29, 0.717) is 17.1 Å². The van der Waals surface area contributed by atoms with Crippen LogP contribution in [0.2, 0.25) is 0 Å². The van der Waals surface area contributed by atoms with Crippen molar-refractivity contribution in [3.8, 4) is 0 Å². The summed E-state index contributed by atoms with van der Waals surface area (Å²) in [6.07, 6.45) is 1.53. The Morgan fingerprint density at radius 1 is 1.24 bits per heavy atom. The number of nitrogens with one attached hydrogen (secondary N) is 1. The minimum atomic E-state index is -0.760. The van der Waals surface area contributed by atoms with Crippen molar-refractivity contribution in [2.24, 2.45) is 0 Å². The Bertz CT molecular complexity index is 1070. The molecule has 1 aliphatic rings. The molecule has 0 spiro atoms. The first-order valence-corrected chi connectivity index (χ1v) is 10.2. The van der Waals surface area contributed by atoms with Gasteiger partial charge >= 0.3 is 5.97 Å². The molecule has 2 aromatic heterocycles. The molecule has 150 valence electrons. The lowest BCUT2D eigenvalue weighted by Gasteiger charge is -2.25. The van der Waals surface area contributed by atoms with Gasteiger partial charge in [0.1, 0.15) is 17.2 Å². The smallest absolute Gasteiger partial charge is 0.330 e. The molecule has 3 heterocycles. The molecule has 4 rings (SSSR count). The van der Waals surface area contributed by atoms with Crippen molar-refractivity contribution < 1.29 is 23.5 Å². The number of aromatic amines is 1. The maximum Gasteiger partial charge on any atom is 0.330 e. The molecule has 1 amide bonds. The Labute approximate surface area is 171 Å². The van der Waals surface area contributed by atoms with E-state index >= 15 is 0 Å². The van der Waals surface area contributed by atoms with Gasteiger partial charge in [0.15, 0.2) is 6.61 Å². The van der Waals surface area contributed by atoms with Crippen LogP contribution in [0.3, 0.4) is 0 Å². The van der Waals surface area contributed by atoms with Gasteiger partial charge in [-0.15, -0.1) is 11.8 Å². The number of hydrogen-bond acceptors (Lipinski definition) is 6. The maximum absolute atomic E-state index is 12.7. The predicted octanol–water partition coefficient (Wildman–Crippen LogP) is 3.46. The topological polar surface area (TPSA) is 92.6 Å². The average molecular weight is 412 g/mol. The van der Waals surface area contributed by atoms with Crippen molar-refractivity contribution >= 4 is 40.3 Å². The second kappa shape index (κ2) is 7.79. The first kappa shape index (κ1) is 19.3. The van der Waals surface area contributed by atoms with E-state index in [9.17, 15) is 14.4 Å². The van der Waals surface area contributed by atoms with Crippen molar-refractivity contribution in [2.75, 3.05) is 12.4 Å². The van der Waals surface area contributed by atoms with E-state index in [-0.39, 0.29) is 23.7 Å². The fourth-order valence-corrected chi connectivity index (χ4v) is 5.08. The average Bonchev–Trinajstić information content (AvgIpc) is 3.42. The number of rotatable bonds is 5. The fraction of sp³-hybridized carbons (Fsp3) is 0.286. The number of H-pyrrole nitrogens is 1. The van der Waals surface area contributed by atoms with Crippen molar-refractivity contribution in [3.05, 3.63) is 59.7 Å². The second-order valence-electron chi connectivity index (χ2n) is 6.84. The van der Waals surface area contributed by atoms with E-state index in [0.717, 1.165) is 16.6 Å². The number of ether oxygens (including phenoxy) is 1. The number of esters is 1. The number of thioether (sulfide) groups is 1. The summed E-state index contributed by atoms with van der Waals surface area (Å²) >= 11 is 1.43. The zero-order chi connectivity index (χ0) is 20.5. The molecule has 0 unspecified atom stereocenters. The van der Waals surface area contributed by atoms with Crippen LogP contribution >= 0.6 is 11.8 Å². The van der Waals surface area contributed by atoms with Crippen LogP contribution in [0.25, 0.3) is 10.9 Å². The Morgan fingerprint density at radius 2 is 2.03 bits per heavy atom. The SMILES string of the molecule is CC(=O)N1[C@H](C(=O)OCC(=O)c2c(C)[nH]c3ccccc23)CS[C@H]1c1ccco1. The summed E-state index contributed by atoms with van der Waals surface area (Å²) in [7, 11) is 0. The van der Waals surface area contributed by atoms with Gasteiger partial charge in [-0.2, -0.15) is 0 Å². The van der Waals surface area contributed by atoms with Crippen LogP contribution in [0.4, 0.5) is 0 Å². The number of carbonyl (C=O) groups excluding carboxylic acids is 3. The molecule has 0 aliphatic carbocycles. The third kappa shape index (κ3) is 3.55. The first-order chi connectivity index (χ1) is 14.0. The number of furan rings is 1. The molecule has 1 fully saturated rings. The number of fused-ring (bicyclic) bond motifs is 1. The molecule has 1 N–H and O–H groups in total. The van der Waals surface area contributed by atoms with E-state index in [1.165, 1.54) is 29.8 Å². The molecule has 0 radical (unpaired) electrons. The summed E-state index contributed by atoms with van der Waals surface area (Å²) in [5, 5.41) is 0.414. The summed E-state index contributed by atoms with van der Waals surface area (Å²) in [6.45, 7) is 2.84. The van der Waals surface area contributed by atoms with Crippen LogP contribution < -0.4 is 0 Å². The quantitative estimate of drug-likeness (QED) is 0.510. The third-order valence-electron chi connectivity index (χ3n) is 4.94. The number of para-hydroxylation sites is 1. The van der Waals surface area contributed by atoms with Crippen LogP contribution in [-0.4, -0.2) is 45.9 Å². The summed E-state index contributed by atoms with van der Waals surface area (Å²) in [4.78, 5) is 42.2. The fourth-order valence-electron chi connectivity index (χ4n) is 3.66. The van der Waals surface area contributed by atoms with Crippen LogP contribution in [0.15, 0.2) is 47.1 Å². The van der Waals surface area contributed by atoms with E-state index < -0.39 is 12.0 Å². The highest BCUT2D eigenvalue weighted by Crippen LogP contribution is 2.41. The molecule has 29 heavy (non-hydrogen) atoms. The standard InChI is InChI=1S/C21H20N2O5S/c1-12-19(14-6-3-4-7-15(14)22-12)17(25)10-28-21(26)16-11-29-20(23(16)13(2)24)18-8-5-9-27-18/h3-9,16,20,22H,10-11H2,1-2H3/t16-,20-/m0/s1. The van der Waals surface area contributed by atoms with Crippen molar-refractivity contribution in [1.29, 1.82) is 0 Å². The first-order valence-electron chi connectivity index (χ1n) is 9.18. The summed E-state index contributed by atoms with van der Waals surface area (Å²) < 4.78 is 10.7. The second-order valence-corrected chi connectivity index (χ2v) is 7.96. The normalized spacial score (nSPS) is 18.9. The summed E-state index contributed by atoms with van der Waals surface area (Å²) in [5.41, 5.74) is 2.11. The third-order valence-corrected chi connectivity index (χ3v) is 6.22. The number of Topliss-reactive ketones (excluding diaryl/α,β-unsaturated/α-hetero) is 1. The van der Waals surface area contributed by atoms with Gasteiger partial charge in [0.25, 0.3) is 0 Å². The minimum Gasteiger partial charge on any atom is -0.466 e. The lowest BCUT2D eigenvalue weighted by atomic mass is 10.1. The Hall–Kier alpha value is -3.00. The molecule has 7 nitrogen and oxygen atoms in total. The number of aryl methyl sites for hydroxylation is 1. The number of benzene rings is 1. The molecule has 1 saturated heterocycles. The Morgan fingerprint density at radius 3 is 2.76 bits per heavy atom. The van der Waals surface area contributed by atoms with Gasteiger partial charge in [-0.05, 0) is 25.1 Å². The lowest BCUT2D eigenvalue weighted by Crippen LogP contribution is -2.43. The van der Waals surface area contributed by atoms with Gasteiger partial charge in [-0.25, -0.2) is 4.79 Å². The molecular weight excluding hydrogens is 392 g/mol. The zero-order valence-corrected chi connectivity index (χ0v) is 16.8. The number of amides is 1. The summed E-state index contributed by atoms with van der Waals surface area (Å²) in [6, 6.07) is 10.2. The highest BCUT2D eigenvalue weighted by Gasteiger charge is 2.43.